The minimum Gasteiger partial charge on any atom is -0.481 e. The molecule has 0 aliphatic rings. The minimum atomic E-state index is -0.734. The van der Waals surface area contributed by atoms with Crippen molar-refractivity contribution in [3.63, 3.8) is 0 Å². The second-order valence-electron chi connectivity index (χ2n) is 3.04. The second-order valence-corrected chi connectivity index (χ2v) is 3.04. The van der Waals surface area contributed by atoms with Crippen LogP contribution in [0.4, 0.5) is 0 Å². The standard InChI is InChI=1S/C7H15NO2/c1-7(2,6(9)10)4-5-8-3/h8H,4-5H2,1-3H3,(H,9,10). The Kier molecular flexibility index (Phi) is 3.36. The van der Waals surface area contributed by atoms with Gasteiger partial charge in [-0.25, -0.2) is 0 Å². The fraction of sp³-hybridized carbons (Fsp3) is 0.857. The van der Waals surface area contributed by atoms with Crippen LogP contribution in [0.25, 0.3) is 0 Å². The van der Waals surface area contributed by atoms with Gasteiger partial charge in [-0.05, 0) is 33.9 Å². The molecule has 0 aromatic heterocycles. The van der Waals surface area contributed by atoms with Crippen molar-refractivity contribution in [2.24, 2.45) is 5.41 Å². The van der Waals surface area contributed by atoms with Crippen LogP contribution in [0, 0.1) is 5.41 Å². The van der Waals surface area contributed by atoms with Crippen molar-refractivity contribution < 1.29 is 9.90 Å². The van der Waals surface area contributed by atoms with Gasteiger partial charge in [-0.2, -0.15) is 0 Å². The van der Waals surface area contributed by atoms with Crippen LogP contribution >= 0.6 is 0 Å². The maximum absolute atomic E-state index is 10.5. The maximum Gasteiger partial charge on any atom is 0.309 e. The molecule has 0 bridgehead atoms. The summed E-state index contributed by atoms with van der Waals surface area (Å²) in [6, 6.07) is 0. The van der Waals surface area contributed by atoms with Crippen LogP contribution in [0.1, 0.15) is 20.3 Å². The monoisotopic (exact) mass is 145 g/mol. The molecule has 0 aliphatic heterocycles. The van der Waals surface area contributed by atoms with Crippen LogP contribution in [0.2, 0.25) is 0 Å². The van der Waals surface area contributed by atoms with E-state index >= 15 is 0 Å². The second kappa shape index (κ2) is 3.56. The SMILES string of the molecule is CNCCC(C)(C)C(=O)O. The lowest BCUT2D eigenvalue weighted by Crippen LogP contribution is -2.27. The van der Waals surface area contributed by atoms with Gasteiger partial charge in [0, 0.05) is 0 Å². The summed E-state index contributed by atoms with van der Waals surface area (Å²) >= 11 is 0. The summed E-state index contributed by atoms with van der Waals surface area (Å²) in [6.45, 7) is 4.21. The van der Waals surface area contributed by atoms with E-state index in [1.54, 1.807) is 13.8 Å². The molecular weight excluding hydrogens is 130 g/mol. The van der Waals surface area contributed by atoms with Crippen LogP contribution in [-0.4, -0.2) is 24.7 Å². The Morgan fingerprint density at radius 3 is 2.40 bits per heavy atom. The van der Waals surface area contributed by atoms with Gasteiger partial charge in [0.05, 0.1) is 5.41 Å². The zero-order valence-corrected chi connectivity index (χ0v) is 6.77. The van der Waals surface area contributed by atoms with Crippen molar-refractivity contribution in [3.8, 4) is 0 Å². The van der Waals surface area contributed by atoms with Crippen molar-refractivity contribution in [2.45, 2.75) is 20.3 Å². The van der Waals surface area contributed by atoms with Gasteiger partial charge in [0.15, 0.2) is 0 Å². The molecule has 3 heteroatoms. The quantitative estimate of drug-likeness (QED) is 0.612. The number of nitrogens with one attached hydrogen (secondary N) is 1. The van der Waals surface area contributed by atoms with Crippen molar-refractivity contribution in [2.75, 3.05) is 13.6 Å². The molecule has 0 amide bonds. The smallest absolute Gasteiger partial charge is 0.309 e. The number of hydrogen-bond donors (Lipinski definition) is 2. The highest BCUT2D eigenvalue weighted by atomic mass is 16.4. The summed E-state index contributed by atoms with van der Waals surface area (Å²) in [7, 11) is 1.82. The van der Waals surface area contributed by atoms with Gasteiger partial charge in [-0.15, -0.1) is 0 Å². The van der Waals surface area contributed by atoms with Gasteiger partial charge in [0.1, 0.15) is 0 Å². The van der Waals surface area contributed by atoms with E-state index in [2.05, 4.69) is 5.32 Å². The van der Waals surface area contributed by atoms with Gasteiger partial charge in [-0.3, -0.25) is 4.79 Å². The summed E-state index contributed by atoms with van der Waals surface area (Å²) in [5, 5.41) is 11.6. The molecule has 60 valence electrons. The minimum absolute atomic E-state index is 0.594. The van der Waals surface area contributed by atoms with Crippen LogP contribution in [0.5, 0.6) is 0 Å². The Labute approximate surface area is 61.4 Å². The normalized spacial score (nSPS) is 11.5. The highest BCUT2D eigenvalue weighted by molar-refractivity contribution is 5.73. The fourth-order valence-electron chi connectivity index (χ4n) is 0.544. The van der Waals surface area contributed by atoms with Crippen molar-refractivity contribution >= 4 is 5.97 Å². The molecule has 0 heterocycles. The third kappa shape index (κ3) is 2.82. The molecule has 0 atom stereocenters. The summed E-state index contributed by atoms with van der Waals surface area (Å²) in [5.41, 5.74) is -0.594. The van der Waals surface area contributed by atoms with E-state index in [-0.39, 0.29) is 0 Å². The van der Waals surface area contributed by atoms with E-state index in [4.69, 9.17) is 5.11 Å². The Bertz CT molecular complexity index is 121. The number of carbonyl (C=O) groups is 1. The Morgan fingerprint density at radius 1 is 1.60 bits per heavy atom. The topological polar surface area (TPSA) is 49.3 Å². The van der Waals surface area contributed by atoms with Gasteiger partial charge >= 0.3 is 5.97 Å². The largest absolute Gasteiger partial charge is 0.481 e. The molecule has 2 N–H and O–H groups in total. The highest BCUT2D eigenvalue weighted by Gasteiger charge is 2.25. The molecule has 0 aliphatic carbocycles. The van der Waals surface area contributed by atoms with E-state index in [0.29, 0.717) is 6.42 Å². The molecule has 0 unspecified atom stereocenters. The molecule has 0 saturated carbocycles. The van der Waals surface area contributed by atoms with Gasteiger partial charge in [0.2, 0.25) is 0 Å². The van der Waals surface area contributed by atoms with Crippen LogP contribution < -0.4 is 5.32 Å². The first-order valence-corrected chi connectivity index (χ1v) is 3.38. The summed E-state index contributed by atoms with van der Waals surface area (Å²) in [5.74, 6) is -0.734. The first kappa shape index (κ1) is 9.43. The summed E-state index contributed by atoms with van der Waals surface area (Å²) in [4.78, 5) is 10.5. The number of hydrogen-bond acceptors (Lipinski definition) is 2. The van der Waals surface area contributed by atoms with Gasteiger partial charge < -0.3 is 10.4 Å². The lowest BCUT2D eigenvalue weighted by molar-refractivity contribution is -0.147. The Balaban J connectivity index is 3.75. The van der Waals surface area contributed by atoms with Gasteiger partial charge in [-0.1, -0.05) is 0 Å². The third-order valence-corrected chi connectivity index (χ3v) is 1.58. The number of aliphatic carboxylic acids is 1. The molecule has 0 rings (SSSR count). The lowest BCUT2D eigenvalue weighted by atomic mass is 9.90. The first-order chi connectivity index (χ1) is 4.50. The van der Waals surface area contributed by atoms with E-state index in [0.717, 1.165) is 6.54 Å². The van der Waals surface area contributed by atoms with Gasteiger partial charge in [0.25, 0.3) is 0 Å². The predicted molar refractivity (Wildman–Crippen MR) is 40.0 cm³/mol. The van der Waals surface area contributed by atoms with E-state index in [1.165, 1.54) is 0 Å². The molecule has 0 fully saturated rings. The third-order valence-electron chi connectivity index (χ3n) is 1.58. The molecular formula is C7H15NO2. The molecule has 0 aromatic carbocycles. The first-order valence-electron chi connectivity index (χ1n) is 3.38. The summed E-state index contributed by atoms with van der Waals surface area (Å²) in [6.07, 6.45) is 0.666. The Hall–Kier alpha value is -0.570. The molecule has 0 aromatic rings. The molecule has 0 radical (unpaired) electrons. The summed E-state index contributed by atoms with van der Waals surface area (Å²) < 4.78 is 0. The zero-order chi connectivity index (χ0) is 8.20. The van der Waals surface area contributed by atoms with E-state index < -0.39 is 11.4 Å². The molecule has 0 spiro atoms. The molecule has 3 nitrogen and oxygen atoms in total. The Morgan fingerprint density at radius 2 is 2.10 bits per heavy atom. The van der Waals surface area contributed by atoms with Crippen LogP contribution in [-0.2, 0) is 4.79 Å². The number of carboxylic acid groups (broad SMARTS) is 1. The fourth-order valence-corrected chi connectivity index (χ4v) is 0.544. The van der Waals surface area contributed by atoms with E-state index in [1.807, 2.05) is 7.05 Å². The molecule has 0 saturated heterocycles. The zero-order valence-electron chi connectivity index (χ0n) is 6.77. The van der Waals surface area contributed by atoms with Crippen LogP contribution in [0.3, 0.4) is 0 Å². The van der Waals surface area contributed by atoms with Crippen molar-refractivity contribution in [1.29, 1.82) is 0 Å². The highest BCUT2D eigenvalue weighted by Crippen LogP contribution is 2.18. The van der Waals surface area contributed by atoms with Crippen molar-refractivity contribution in [3.05, 3.63) is 0 Å². The average molecular weight is 145 g/mol. The van der Waals surface area contributed by atoms with E-state index in [9.17, 15) is 4.79 Å². The maximum atomic E-state index is 10.5. The molecule has 10 heavy (non-hydrogen) atoms. The number of rotatable bonds is 4. The number of carboxylic acids is 1. The van der Waals surface area contributed by atoms with Crippen molar-refractivity contribution in [1.82, 2.24) is 5.32 Å². The average Bonchev–Trinajstić information content (AvgIpc) is 1.84. The van der Waals surface area contributed by atoms with Crippen LogP contribution in [0.15, 0.2) is 0 Å². The lowest BCUT2D eigenvalue weighted by Gasteiger charge is -2.17. The predicted octanol–water partition coefficient (Wildman–Crippen LogP) is 0.707.